The first kappa shape index (κ1) is 22.9. The van der Waals surface area contributed by atoms with E-state index in [0.29, 0.717) is 11.0 Å². The molecule has 13 aromatic rings. The lowest BCUT2D eigenvalue weighted by atomic mass is 9.82. The highest BCUT2D eigenvalue weighted by Gasteiger charge is 2.42. The molecule has 0 bridgehead atoms. The van der Waals surface area contributed by atoms with E-state index in [1.165, 1.54) is 53.5 Å². The summed E-state index contributed by atoms with van der Waals surface area (Å²) in [6, 6.07) is 1.34. The van der Waals surface area contributed by atoms with Crippen molar-refractivity contribution in [2.24, 2.45) is 0 Å². The lowest BCUT2D eigenvalue weighted by molar-refractivity contribution is -0.567. The Morgan fingerprint density at radius 2 is 1.16 bits per heavy atom. The third-order valence-corrected chi connectivity index (χ3v) is 17.7. The van der Waals surface area contributed by atoms with Crippen LogP contribution in [0.15, 0.2) is 261 Å². The van der Waals surface area contributed by atoms with Gasteiger partial charge in [0.25, 0.3) is 6.33 Å². The lowest BCUT2D eigenvalue weighted by Crippen LogP contribution is -2.74. The van der Waals surface area contributed by atoms with Gasteiger partial charge in [0.2, 0.25) is 0 Å². The number of hydrogen-bond donors (Lipinski definition) is 0. The number of rotatable bonds is 8. The van der Waals surface area contributed by atoms with E-state index in [2.05, 4.69) is 4.98 Å². The van der Waals surface area contributed by atoms with Crippen LogP contribution in [0.5, 0.6) is 11.5 Å². The normalized spacial score (nSPS) is 19.1. The average Bonchev–Trinajstić information content (AvgIpc) is 1.56. The molecular weight excluding hydrogens is 953 g/mol. The summed E-state index contributed by atoms with van der Waals surface area (Å²) >= 11 is 0. The standard InChI is InChI=1S/C71H55N4OSi/c1-48-41-42-72-68(43-48)75-65-35-17-16-31-59(65)60-39-37-51(45-67(60)75)76-50-22-18-21-49(44-50)73-47-74-69-62(32-19-34-64(69)71(2,3)4)63-46-55(38-40-58(63)56-29-14-15-30-57(56)61-33-20-36-66(73)70(61)74)77(52-23-8-5-9-24-52,53-25-10-6-11-26-53)54-27-12-7-13-28-54/h5-47H,1-4H3/q+1/i1D3,2D3,3D3,4D3,5D,6D,7D,8D,9D,10D,11D,12D,13D,14D,15D,23D,24D,25D,26D,27D,28D,29D,30D,38D,40D,46D. The number of imidazole rings is 1. The molecule has 10 aromatic carbocycles. The van der Waals surface area contributed by atoms with Crippen molar-refractivity contribution in [3.63, 3.8) is 0 Å². The molecule has 14 rings (SSSR count). The molecule has 1 aliphatic rings. The number of nitrogens with zero attached hydrogens (tertiary/aromatic N) is 4. The van der Waals surface area contributed by atoms with Crippen LogP contribution in [0.1, 0.15) is 78.3 Å². The summed E-state index contributed by atoms with van der Waals surface area (Å²) in [7, 11) is -6.73. The maximum absolute atomic E-state index is 11.3. The second-order valence-electron chi connectivity index (χ2n) is 18.0. The highest BCUT2D eigenvalue weighted by molar-refractivity contribution is 7.20. The molecular formula is C71H55N4OSi+. The minimum Gasteiger partial charge on any atom is -0.457 e. The Kier molecular flexibility index (Phi) is 5.40. The zero-order valence-corrected chi connectivity index (χ0v) is 40.8. The smallest absolute Gasteiger partial charge is 0.255 e. The average molecular weight is 1040 g/mol. The molecule has 0 spiro atoms. The second-order valence-corrected chi connectivity index (χ2v) is 21.5. The van der Waals surface area contributed by atoms with Crippen molar-refractivity contribution in [2.75, 3.05) is 0 Å². The number of fused-ring (bicyclic) bond motifs is 10. The van der Waals surface area contributed by atoms with E-state index in [9.17, 15) is 38.4 Å². The van der Waals surface area contributed by atoms with Crippen LogP contribution in [-0.2, 0) is 5.41 Å². The molecule has 0 saturated carbocycles. The monoisotopic (exact) mass is 1040 g/mol. The number of benzene rings is 10. The Balaban J connectivity index is 1.18. The van der Waals surface area contributed by atoms with Crippen molar-refractivity contribution < 1.29 is 55.9 Å². The van der Waals surface area contributed by atoms with Gasteiger partial charge in [-0.05, 0) is 115 Å². The van der Waals surface area contributed by atoms with Crippen molar-refractivity contribution in [2.45, 2.75) is 32.8 Å². The van der Waals surface area contributed by atoms with Gasteiger partial charge in [-0.3, -0.25) is 4.57 Å². The fraction of sp³-hybridized carbons (Fsp3) is 0.0704. The predicted molar refractivity (Wildman–Crippen MR) is 320 cm³/mol. The molecule has 0 aliphatic carbocycles. The van der Waals surface area contributed by atoms with E-state index in [-0.39, 0.29) is 45.2 Å². The van der Waals surface area contributed by atoms with Gasteiger partial charge in [0.15, 0.2) is 19.1 Å². The van der Waals surface area contributed by atoms with E-state index in [4.69, 9.17) is 13.0 Å². The Bertz CT molecular complexity index is 5960. The number of aryl methyl sites for hydroxylation is 1. The van der Waals surface area contributed by atoms with Crippen LogP contribution in [0.3, 0.4) is 0 Å². The fourth-order valence-corrected chi connectivity index (χ4v) is 14.0. The molecule has 0 atom stereocenters. The largest absolute Gasteiger partial charge is 0.457 e. The van der Waals surface area contributed by atoms with Crippen LogP contribution in [0, 0.1) is 6.85 Å². The second kappa shape index (κ2) is 18.2. The molecule has 0 amide bonds. The van der Waals surface area contributed by atoms with Crippen LogP contribution >= 0.6 is 0 Å². The van der Waals surface area contributed by atoms with Gasteiger partial charge in [0.1, 0.15) is 28.7 Å². The van der Waals surface area contributed by atoms with Crippen molar-refractivity contribution in [3.05, 3.63) is 272 Å². The lowest BCUT2D eigenvalue weighted by Gasteiger charge is -2.35. The van der Waals surface area contributed by atoms with Gasteiger partial charge in [-0.15, -0.1) is 0 Å². The first-order valence-electron chi connectivity index (χ1n) is 40.8. The van der Waals surface area contributed by atoms with Gasteiger partial charge >= 0.3 is 0 Å². The number of pyridine rings is 1. The molecule has 0 fully saturated rings. The predicted octanol–water partition coefficient (Wildman–Crippen LogP) is 14.5. The summed E-state index contributed by atoms with van der Waals surface area (Å²) in [5.41, 5.74) is -9.26. The molecule has 0 N–H and O–H groups in total. The molecule has 0 saturated heterocycles. The molecule has 0 radical (unpaired) electrons. The minimum absolute atomic E-state index is 0.0104. The zero-order chi connectivity index (χ0) is 81.0. The summed E-state index contributed by atoms with van der Waals surface area (Å²) in [5, 5.41) is -3.48. The Morgan fingerprint density at radius 3 is 1.90 bits per heavy atom. The fourth-order valence-electron chi connectivity index (χ4n) is 10.5. The SMILES string of the molecule is [2H]c1c([2H])c([2H])c([Si](c2c([2H])c([2H])c([2H])c([2H])c2[2H])(c2c([2H])c([2H])c([2H])c([2H])c2[2H])c2c([2H])c([2H])c3c(c2[2H])-c2cccc(C(C([2H])([2H])[2H])(C([2H])([2H])[2H])C([2H])([2H])[2H])c2-[n+]2cn(-c4cccc(Oc5ccc6c7ccccc7n(-c7cc(C([2H])([2H])[2H])ccn7)c6c5)c4)c4cccc(c42)-c2c([2H])c([2H])c([2H])c([2H])c2-3)c([2H])c1[2H]. The maximum Gasteiger partial charge on any atom is 0.255 e. The first-order valence-corrected chi connectivity index (χ1v) is 25.8. The topological polar surface area (TPSA) is 35.9 Å². The van der Waals surface area contributed by atoms with E-state index in [1.807, 2.05) is 18.2 Å². The van der Waals surface area contributed by atoms with Gasteiger partial charge in [-0.25, -0.2) is 4.98 Å². The number of ether oxygens (including phenoxy) is 1. The number of para-hydroxylation sites is 3. The van der Waals surface area contributed by atoms with E-state index < -0.39 is 234 Å². The zero-order valence-electron chi connectivity index (χ0n) is 73.8. The van der Waals surface area contributed by atoms with E-state index in [1.54, 1.807) is 47.0 Å². The van der Waals surface area contributed by atoms with Crippen molar-refractivity contribution in [1.82, 2.24) is 14.1 Å². The van der Waals surface area contributed by atoms with Crippen LogP contribution in [0.25, 0.3) is 83.4 Å². The molecule has 1 aliphatic heterocycles. The van der Waals surface area contributed by atoms with Crippen LogP contribution in [0.2, 0.25) is 0 Å². The van der Waals surface area contributed by atoms with Crippen LogP contribution < -0.4 is 30.1 Å². The third-order valence-electron chi connectivity index (χ3n) is 13.7. The number of aromatic nitrogens is 4. The quantitative estimate of drug-likeness (QED) is 0.0864. The highest BCUT2D eigenvalue weighted by atomic mass is 28.3. The molecule has 368 valence electrons. The number of hydrogen-bond acceptors (Lipinski definition) is 2. The van der Waals surface area contributed by atoms with Crippen LogP contribution in [-0.4, -0.2) is 22.2 Å². The third kappa shape index (κ3) is 7.50. The van der Waals surface area contributed by atoms with Gasteiger partial charge in [-0.1, -0.05) is 202 Å². The van der Waals surface area contributed by atoms with E-state index >= 15 is 0 Å². The molecule has 77 heavy (non-hydrogen) atoms. The minimum atomic E-state index is -6.73. The Morgan fingerprint density at radius 1 is 0.519 bits per heavy atom. The van der Waals surface area contributed by atoms with Gasteiger partial charge < -0.3 is 4.74 Å². The van der Waals surface area contributed by atoms with E-state index in [0.717, 1.165) is 33.5 Å². The van der Waals surface area contributed by atoms with Crippen molar-refractivity contribution in [1.29, 1.82) is 0 Å². The highest BCUT2D eigenvalue weighted by Crippen LogP contribution is 2.45. The van der Waals surface area contributed by atoms with Crippen molar-refractivity contribution >= 4 is 61.7 Å². The molecule has 0 unspecified atom stereocenters. The summed E-state index contributed by atoms with van der Waals surface area (Å²) in [5.74, 6) is 0.596. The summed E-state index contributed by atoms with van der Waals surface area (Å²) < 4.78 is 332. The van der Waals surface area contributed by atoms with Gasteiger partial charge in [-0.2, -0.15) is 9.13 Å². The molecule has 6 heteroatoms. The molecule has 5 nitrogen and oxygen atoms in total. The Labute approximate surface area is 498 Å². The summed E-state index contributed by atoms with van der Waals surface area (Å²) in [6.45, 7) is -15.0. The molecule has 3 aromatic heterocycles. The summed E-state index contributed by atoms with van der Waals surface area (Å²) in [6.07, 6.45) is 2.60. The Hall–Kier alpha value is -9.36. The van der Waals surface area contributed by atoms with Gasteiger partial charge in [0.05, 0.1) is 41.2 Å². The molecule has 4 heterocycles. The maximum atomic E-state index is 11.3. The van der Waals surface area contributed by atoms with Crippen molar-refractivity contribution in [3.8, 4) is 62.1 Å². The first-order chi connectivity index (χ1) is 51.8. The van der Waals surface area contributed by atoms with Crippen LogP contribution in [0.4, 0.5) is 0 Å². The van der Waals surface area contributed by atoms with Gasteiger partial charge in [0, 0.05) is 62.2 Å². The summed E-state index contributed by atoms with van der Waals surface area (Å²) in [4.78, 5) is 4.56.